The van der Waals surface area contributed by atoms with Crippen molar-refractivity contribution in [2.45, 2.75) is 20.4 Å². The van der Waals surface area contributed by atoms with E-state index in [0.717, 1.165) is 28.1 Å². The number of imidazole rings is 1. The Kier molecular flexibility index (Phi) is 7.77. The first-order valence-corrected chi connectivity index (χ1v) is 12.9. The number of nitrogens with one attached hydrogen (secondary N) is 1. The Morgan fingerprint density at radius 2 is 1.60 bits per heavy atom. The van der Waals surface area contributed by atoms with Crippen LogP contribution in [0.15, 0.2) is 102 Å². The van der Waals surface area contributed by atoms with Gasteiger partial charge in [-0.15, -0.1) is 0 Å². The van der Waals surface area contributed by atoms with E-state index in [1.54, 1.807) is 43.5 Å². The summed E-state index contributed by atoms with van der Waals surface area (Å²) in [7, 11) is 1.56. The lowest BCUT2D eigenvalue weighted by Crippen LogP contribution is -2.37. The fourth-order valence-corrected chi connectivity index (χ4v) is 4.28. The Labute approximate surface area is 232 Å². The number of rotatable bonds is 9. The van der Waals surface area contributed by atoms with Crippen molar-refractivity contribution in [3.8, 4) is 22.7 Å². The van der Waals surface area contributed by atoms with Gasteiger partial charge < -0.3 is 14.1 Å². The highest BCUT2D eigenvalue weighted by Gasteiger charge is 2.22. The van der Waals surface area contributed by atoms with E-state index >= 15 is 0 Å². The lowest BCUT2D eigenvalue weighted by atomic mass is 10.1. The van der Waals surface area contributed by atoms with Crippen LogP contribution in [0, 0.1) is 13.8 Å². The highest BCUT2D eigenvalue weighted by Crippen LogP contribution is 2.25. The Hall–Kier alpha value is -5.11. The minimum Gasteiger partial charge on any atom is -0.497 e. The highest BCUT2D eigenvalue weighted by atomic mass is 16.5. The number of carbonyl (C=O) groups excluding carboxylic acids is 2. The molecule has 0 bridgehead atoms. The maximum atomic E-state index is 13.4. The minimum absolute atomic E-state index is 0.131. The van der Waals surface area contributed by atoms with Crippen molar-refractivity contribution in [3.63, 3.8) is 0 Å². The Bertz CT molecular complexity index is 1590. The number of amides is 2. The van der Waals surface area contributed by atoms with Crippen molar-refractivity contribution in [2.75, 3.05) is 19.0 Å². The fraction of sp³-hybridized carbons (Fsp3) is 0.156. The number of hydrogen-bond acceptors (Lipinski definition) is 5. The lowest BCUT2D eigenvalue weighted by Gasteiger charge is -2.21. The van der Waals surface area contributed by atoms with E-state index in [2.05, 4.69) is 5.32 Å². The molecule has 0 radical (unpaired) electrons. The van der Waals surface area contributed by atoms with E-state index in [4.69, 9.17) is 14.1 Å². The van der Waals surface area contributed by atoms with E-state index in [-0.39, 0.29) is 24.9 Å². The van der Waals surface area contributed by atoms with Crippen LogP contribution in [0.1, 0.15) is 27.2 Å². The average Bonchev–Trinajstić information content (AvgIpc) is 3.63. The number of aryl methyl sites for hydroxylation is 2. The molecule has 0 saturated heterocycles. The topological polar surface area (TPSA) is 89.6 Å². The summed E-state index contributed by atoms with van der Waals surface area (Å²) in [5, 5.41) is 2.93. The van der Waals surface area contributed by atoms with Gasteiger partial charge in [-0.25, -0.2) is 4.98 Å². The molecule has 0 aliphatic carbocycles. The molecule has 0 aliphatic heterocycles. The quantitative estimate of drug-likeness (QED) is 0.249. The van der Waals surface area contributed by atoms with E-state index < -0.39 is 0 Å². The zero-order chi connectivity index (χ0) is 28.1. The van der Waals surface area contributed by atoms with Gasteiger partial charge in [-0.2, -0.15) is 0 Å². The van der Waals surface area contributed by atoms with Crippen LogP contribution in [0.4, 0.5) is 5.95 Å². The molecule has 202 valence electrons. The second kappa shape index (κ2) is 11.7. The van der Waals surface area contributed by atoms with E-state index in [9.17, 15) is 9.59 Å². The normalized spacial score (nSPS) is 10.8. The summed E-state index contributed by atoms with van der Waals surface area (Å²) in [6, 6.07) is 26.3. The molecule has 0 fully saturated rings. The molecule has 0 spiro atoms. The zero-order valence-electron chi connectivity index (χ0n) is 22.6. The lowest BCUT2D eigenvalue weighted by molar-refractivity contribution is -0.117. The predicted octanol–water partition coefficient (Wildman–Crippen LogP) is 6.04. The number of anilines is 1. The minimum atomic E-state index is -0.386. The third kappa shape index (κ3) is 6.13. The molecule has 1 N–H and O–H groups in total. The summed E-state index contributed by atoms with van der Waals surface area (Å²) in [6.45, 7) is 3.98. The molecule has 2 aromatic heterocycles. The van der Waals surface area contributed by atoms with Crippen molar-refractivity contribution >= 4 is 17.8 Å². The van der Waals surface area contributed by atoms with Crippen LogP contribution in [0.5, 0.6) is 5.75 Å². The molecule has 0 atom stereocenters. The van der Waals surface area contributed by atoms with Crippen LogP contribution in [0.25, 0.3) is 16.9 Å². The van der Waals surface area contributed by atoms with Gasteiger partial charge in [0.05, 0.1) is 25.6 Å². The maximum Gasteiger partial charge on any atom is 0.254 e. The van der Waals surface area contributed by atoms with Gasteiger partial charge in [0.15, 0.2) is 0 Å². The van der Waals surface area contributed by atoms with Crippen molar-refractivity contribution in [3.05, 3.63) is 120 Å². The van der Waals surface area contributed by atoms with E-state index in [1.807, 2.05) is 73.1 Å². The summed E-state index contributed by atoms with van der Waals surface area (Å²) >= 11 is 0. The van der Waals surface area contributed by atoms with Gasteiger partial charge >= 0.3 is 0 Å². The number of hydrogen-bond donors (Lipinski definition) is 1. The molecule has 40 heavy (non-hydrogen) atoms. The number of aromatic nitrogens is 2. The molecule has 2 amide bonds. The number of carbonyl (C=O) groups is 2. The molecule has 5 rings (SSSR count). The smallest absolute Gasteiger partial charge is 0.254 e. The van der Waals surface area contributed by atoms with Crippen LogP contribution in [-0.4, -0.2) is 39.9 Å². The first kappa shape index (κ1) is 26.5. The number of nitrogens with zero attached hydrogens (tertiary/aromatic N) is 3. The molecule has 3 aromatic carbocycles. The fourth-order valence-electron chi connectivity index (χ4n) is 4.28. The number of benzene rings is 3. The van der Waals surface area contributed by atoms with Gasteiger partial charge in [0.2, 0.25) is 11.9 Å². The molecule has 0 unspecified atom stereocenters. The molecule has 0 aliphatic rings. The summed E-state index contributed by atoms with van der Waals surface area (Å²) < 4.78 is 12.5. The summed E-state index contributed by atoms with van der Waals surface area (Å²) in [6.07, 6.45) is 3.44. The van der Waals surface area contributed by atoms with Gasteiger partial charge in [-0.3, -0.25) is 19.5 Å². The van der Waals surface area contributed by atoms with Crippen LogP contribution in [0.3, 0.4) is 0 Å². The maximum absolute atomic E-state index is 13.4. The van der Waals surface area contributed by atoms with Crippen LogP contribution in [-0.2, 0) is 11.3 Å². The molecule has 0 saturated carbocycles. The summed E-state index contributed by atoms with van der Waals surface area (Å²) in [4.78, 5) is 33.0. The first-order chi connectivity index (χ1) is 19.4. The monoisotopic (exact) mass is 534 g/mol. The molecule has 2 heterocycles. The third-order valence-corrected chi connectivity index (χ3v) is 6.50. The standard InChI is InChI=1S/C32H30N4O4/c1-22-6-10-24(11-7-22)29-20-36(26-14-8-23(2)9-15-26)32(33-29)34-30(37)21-35(19-28-5-4-18-40-28)31(38)25-12-16-27(39-3)17-13-25/h4-18,20H,19,21H2,1-3H3,(H,33,34,37). The van der Waals surface area contributed by atoms with Gasteiger partial charge in [-0.05, 0) is 62.4 Å². The van der Waals surface area contributed by atoms with Crippen molar-refractivity contribution in [1.29, 1.82) is 0 Å². The van der Waals surface area contributed by atoms with Crippen LogP contribution in [0.2, 0.25) is 0 Å². The van der Waals surface area contributed by atoms with E-state index in [0.29, 0.717) is 23.0 Å². The Balaban J connectivity index is 1.42. The average molecular weight is 535 g/mol. The highest BCUT2D eigenvalue weighted by molar-refractivity contribution is 5.99. The second-order valence-corrected chi connectivity index (χ2v) is 9.54. The molecule has 8 heteroatoms. The Morgan fingerprint density at radius 1 is 0.925 bits per heavy atom. The number of methoxy groups -OCH3 is 1. The molecule has 5 aromatic rings. The first-order valence-electron chi connectivity index (χ1n) is 12.9. The largest absolute Gasteiger partial charge is 0.497 e. The van der Waals surface area contributed by atoms with Gasteiger partial charge in [0.25, 0.3) is 5.91 Å². The van der Waals surface area contributed by atoms with Gasteiger partial charge in [-0.1, -0.05) is 47.5 Å². The molecule has 8 nitrogen and oxygen atoms in total. The van der Waals surface area contributed by atoms with Gasteiger partial charge in [0.1, 0.15) is 18.1 Å². The van der Waals surface area contributed by atoms with Crippen LogP contribution < -0.4 is 10.1 Å². The summed E-state index contributed by atoms with van der Waals surface area (Å²) in [5.74, 6) is 0.871. The SMILES string of the molecule is COc1ccc(C(=O)N(CC(=O)Nc2nc(-c3ccc(C)cc3)cn2-c2ccc(C)cc2)Cc2ccco2)cc1. The van der Waals surface area contributed by atoms with Gasteiger partial charge in [0, 0.05) is 23.0 Å². The zero-order valence-corrected chi connectivity index (χ0v) is 22.6. The number of ether oxygens (including phenoxy) is 1. The van der Waals surface area contributed by atoms with Crippen molar-refractivity contribution < 1.29 is 18.7 Å². The van der Waals surface area contributed by atoms with Crippen molar-refractivity contribution in [2.24, 2.45) is 0 Å². The molecular formula is C32H30N4O4. The van der Waals surface area contributed by atoms with Crippen LogP contribution >= 0.6 is 0 Å². The Morgan fingerprint density at radius 3 is 2.23 bits per heavy atom. The van der Waals surface area contributed by atoms with Crippen molar-refractivity contribution in [1.82, 2.24) is 14.5 Å². The second-order valence-electron chi connectivity index (χ2n) is 9.54. The number of furan rings is 1. The predicted molar refractivity (Wildman–Crippen MR) is 154 cm³/mol. The van der Waals surface area contributed by atoms with E-state index in [1.165, 1.54) is 11.2 Å². The summed E-state index contributed by atoms with van der Waals surface area (Å²) in [5.41, 5.74) is 5.21. The molecular weight excluding hydrogens is 504 g/mol. The third-order valence-electron chi connectivity index (χ3n) is 6.50.